The van der Waals surface area contributed by atoms with Crippen LogP contribution in [0.2, 0.25) is 0 Å². The van der Waals surface area contributed by atoms with Gasteiger partial charge < -0.3 is 20.1 Å². The molecule has 6 nitrogen and oxygen atoms in total. The van der Waals surface area contributed by atoms with Crippen molar-refractivity contribution >= 4 is 29.9 Å². The standard InChI is InChI=1S/C18H30N4O2.HI/c1-15(2)21-18(19-3)20-14-16-5-4-6-17(13-16)24-12-9-22-7-10-23-11-8-22;/h4-6,13,15H,7-12,14H2,1-3H3,(H2,19,20,21);1H. The zero-order chi connectivity index (χ0) is 17.2. The number of benzene rings is 1. The lowest BCUT2D eigenvalue weighted by Gasteiger charge is -2.26. The molecule has 25 heavy (non-hydrogen) atoms. The van der Waals surface area contributed by atoms with Crippen LogP contribution in [0.3, 0.4) is 0 Å². The van der Waals surface area contributed by atoms with Crippen molar-refractivity contribution in [3.8, 4) is 5.75 Å². The van der Waals surface area contributed by atoms with Crippen LogP contribution in [0.25, 0.3) is 0 Å². The molecule has 2 rings (SSSR count). The van der Waals surface area contributed by atoms with Crippen molar-refractivity contribution < 1.29 is 9.47 Å². The lowest BCUT2D eigenvalue weighted by molar-refractivity contribution is 0.0322. The normalized spacial score (nSPS) is 15.6. The summed E-state index contributed by atoms with van der Waals surface area (Å²) in [7, 11) is 1.78. The van der Waals surface area contributed by atoms with Crippen molar-refractivity contribution in [1.29, 1.82) is 0 Å². The number of nitrogens with one attached hydrogen (secondary N) is 2. The molecule has 0 radical (unpaired) electrons. The first-order valence-corrected chi connectivity index (χ1v) is 8.66. The Morgan fingerprint density at radius 3 is 2.76 bits per heavy atom. The summed E-state index contributed by atoms with van der Waals surface area (Å²) in [4.78, 5) is 6.59. The molecule has 0 aromatic heterocycles. The number of halogens is 1. The van der Waals surface area contributed by atoms with Crippen LogP contribution in [0.1, 0.15) is 19.4 Å². The molecule has 0 spiro atoms. The minimum absolute atomic E-state index is 0. The predicted octanol–water partition coefficient (Wildman–Crippen LogP) is 2.09. The minimum atomic E-state index is 0. The van der Waals surface area contributed by atoms with Crippen LogP contribution in [0.5, 0.6) is 5.75 Å². The first-order chi connectivity index (χ1) is 11.7. The molecule has 0 unspecified atom stereocenters. The van der Waals surface area contributed by atoms with Crippen LogP contribution in [0.15, 0.2) is 29.3 Å². The van der Waals surface area contributed by atoms with E-state index in [-0.39, 0.29) is 24.0 Å². The maximum Gasteiger partial charge on any atom is 0.191 e. The number of aliphatic imine (C=N–C) groups is 1. The van der Waals surface area contributed by atoms with Crippen LogP contribution in [0.4, 0.5) is 0 Å². The van der Waals surface area contributed by atoms with E-state index in [1.54, 1.807) is 7.05 Å². The number of guanidine groups is 1. The second kappa shape index (κ2) is 12.3. The van der Waals surface area contributed by atoms with E-state index in [1.807, 2.05) is 12.1 Å². The maximum absolute atomic E-state index is 5.89. The molecular formula is C18H31IN4O2. The lowest BCUT2D eigenvalue weighted by Crippen LogP contribution is -2.40. The summed E-state index contributed by atoms with van der Waals surface area (Å²) in [5.74, 6) is 1.72. The summed E-state index contributed by atoms with van der Waals surface area (Å²) in [6.45, 7) is 10.2. The Morgan fingerprint density at radius 1 is 1.32 bits per heavy atom. The Morgan fingerprint density at radius 2 is 2.08 bits per heavy atom. The number of hydrogen-bond acceptors (Lipinski definition) is 4. The zero-order valence-electron chi connectivity index (χ0n) is 15.5. The minimum Gasteiger partial charge on any atom is -0.492 e. The first kappa shape index (κ1) is 22.0. The summed E-state index contributed by atoms with van der Waals surface area (Å²) in [6.07, 6.45) is 0. The van der Waals surface area contributed by atoms with E-state index < -0.39 is 0 Å². The molecule has 1 aliphatic heterocycles. The highest BCUT2D eigenvalue weighted by atomic mass is 127. The molecule has 0 bridgehead atoms. The fourth-order valence-corrected chi connectivity index (χ4v) is 2.52. The molecule has 1 heterocycles. The molecule has 1 aliphatic rings. The molecule has 1 aromatic carbocycles. The maximum atomic E-state index is 5.89. The summed E-state index contributed by atoms with van der Waals surface area (Å²) >= 11 is 0. The average molecular weight is 462 g/mol. The van der Waals surface area contributed by atoms with Crippen LogP contribution in [-0.4, -0.2) is 63.4 Å². The molecule has 2 N–H and O–H groups in total. The lowest BCUT2D eigenvalue weighted by atomic mass is 10.2. The van der Waals surface area contributed by atoms with Gasteiger partial charge in [0.05, 0.1) is 13.2 Å². The molecule has 142 valence electrons. The van der Waals surface area contributed by atoms with Gasteiger partial charge in [0.15, 0.2) is 5.96 Å². The topological polar surface area (TPSA) is 58.1 Å². The van der Waals surface area contributed by atoms with Gasteiger partial charge in [0.1, 0.15) is 12.4 Å². The summed E-state index contributed by atoms with van der Waals surface area (Å²) < 4.78 is 11.2. The Balaban J connectivity index is 0.00000312. The van der Waals surface area contributed by atoms with Gasteiger partial charge in [-0.3, -0.25) is 9.89 Å². The van der Waals surface area contributed by atoms with Gasteiger partial charge in [0.25, 0.3) is 0 Å². The van der Waals surface area contributed by atoms with Gasteiger partial charge in [0, 0.05) is 39.3 Å². The fraction of sp³-hybridized carbons (Fsp3) is 0.611. The van der Waals surface area contributed by atoms with E-state index in [0.29, 0.717) is 19.2 Å². The molecule has 0 atom stereocenters. The smallest absolute Gasteiger partial charge is 0.191 e. The second-order valence-electron chi connectivity index (χ2n) is 6.17. The molecule has 1 aromatic rings. The molecule has 7 heteroatoms. The summed E-state index contributed by atoms with van der Waals surface area (Å²) in [5.41, 5.74) is 1.17. The van der Waals surface area contributed by atoms with E-state index in [1.165, 1.54) is 5.56 Å². The monoisotopic (exact) mass is 462 g/mol. The third-order valence-corrected chi connectivity index (χ3v) is 3.79. The van der Waals surface area contributed by atoms with Crippen molar-refractivity contribution in [2.24, 2.45) is 4.99 Å². The van der Waals surface area contributed by atoms with Crippen molar-refractivity contribution in [3.63, 3.8) is 0 Å². The molecule has 1 fully saturated rings. The van der Waals surface area contributed by atoms with Gasteiger partial charge >= 0.3 is 0 Å². The highest BCUT2D eigenvalue weighted by Gasteiger charge is 2.09. The van der Waals surface area contributed by atoms with Crippen LogP contribution in [-0.2, 0) is 11.3 Å². The number of morpholine rings is 1. The number of rotatable bonds is 7. The molecule has 0 aliphatic carbocycles. The third kappa shape index (κ3) is 8.73. The molecule has 0 amide bonds. The number of nitrogens with zero attached hydrogens (tertiary/aromatic N) is 2. The van der Waals surface area contributed by atoms with Gasteiger partial charge in [-0.25, -0.2) is 0 Å². The Kier molecular flexibility index (Phi) is 10.8. The van der Waals surface area contributed by atoms with Crippen LogP contribution < -0.4 is 15.4 Å². The highest BCUT2D eigenvalue weighted by molar-refractivity contribution is 14.0. The number of ether oxygens (including phenoxy) is 2. The second-order valence-corrected chi connectivity index (χ2v) is 6.17. The molecular weight excluding hydrogens is 431 g/mol. The van der Waals surface area contributed by atoms with Crippen molar-refractivity contribution in [2.75, 3.05) is 46.5 Å². The Hall–Kier alpha value is -1.06. The van der Waals surface area contributed by atoms with Crippen LogP contribution >= 0.6 is 24.0 Å². The average Bonchev–Trinajstić information content (AvgIpc) is 2.59. The summed E-state index contributed by atoms with van der Waals surface area (Å²) in [5, 5.41) is 6.59. The van der Waals surface area contributed by atoms with E-state index in [2.05, 4.69) is 46.5 Å². The molecule has 1 saturated heterocycles. The van der Waals surface area contributed by atoms with Crippen molar-refractivity contribution in [3.05, 3.63) is 29.8 Å². The Labute approximate surface area is 168 Å². The quantitative estimate of drug-likeness (QED) is 0.369. The van der Waals surface area contributed by atoms with E-state index >= 15 is 0 Å². The SMILES string of the molecule is CN=C(NCc1cccc(OCCN2CCOCC2)c1)NC(C)C.I. The number of hydrogen-bond donors (Lipinski definition) is 2. The largest absolute Gasteiger partial charge is 0.492 e. The van der Waals surface area contributed by atoms with Crippen molar-refractivity contribution in [1.82, 2.24) is 15.5 Å². The van der Waals surface area contributed by atoms with Gasteiger partial charge in [-0.15, -0.1) is 24.0 Å². The van der Waals surface area contributed by atoms with Gasteiger partial charge in [-0.05, 0) is 31.5 Å². The van der Waals surface area contributed by atoms with Gasteiger partial charge in [0.2, 0.25) is 0 Å². The highest BCUT2D eigenvalue weighted by Crippen LogP contribution is 2.13. The molecule has 0 saturated carbocycles. The predicted molar refractivity (Wildman–Crippen MR) is 113 cm³/mol. The van der Waals surface area contributed by atoms with Crippen LogP contribution in [0, 0.1) is 0 Å². The Bertz CT molecular complexity index is 520. The van der Waals surface area contributed by atoms with E-state index in [4.69, 9.17) is 9.47 Å². The van der Waals surface area contributed by atoms with E-state index in [0.717, 1.165) is 44.6 Å². The zero-order valence-corrected chi connectivity index (χ0v) is 17.8. The van der Waals surface area contributed by atoms with Gasteiger partial charge in [-0.1, -0.05) is 12.1 Å². The first-order valence-electron chi connectivity index (χ1n) is 8.66. The van der Waals surface area contributed by atoms with Gasteiger partial charge in [-0.2, -0.15) is 0 Å². The fourth-order valence-electron chi connectivity index (χ4n) is 2.52. The van der Waals surface area contributed by atoms with E-state index in [9.17, 15) is 0 Å². The third-order valence-electron chi connectivity index (χ3n) is 3.79. The summed E-state index contributed by atoms with van der Waals surface area (Å²) in [6, 6.07) is 8.55. The van der Waals surface area contributed by atoms with Crippen molar-refractivity contribution in [2.45, 2.75) is 26.4 Å².